The van der Waals surface area contributed by atoms with Gasteiger partial charge in [0.2, 0.25) is 0 Å². The molecule has 0 bridgehead atoms. The minimum absolute atomic E-state index is 0.0849. The van der Waals surface area contributed by atoms with Gasteiger partial charge in [-0.2, -0.15) is 0 Å². The minimum atomic E-state index is -0.427. The summed E-state index contributed by atoms with van der Waals surface area (Å²) in [4.78, 5) is -0.108. The van der Waals surface area contributed by atoms with Crippen LogP contribution in [-0.2, 0) is 0 Å². The molecule has 0 aromatic carbocycles. The van der Waals surface area contributed by atoms with E-state index in [0.29, 0.717) is 3.77 Å². The molecular formula is C5H4IN2O3-. The summed E-state index contributed by atoms with van der Waals surface area (Å²) in [6, 6.07) is 3.01. The van der Waals surface area contributed by atoms with E-state index in [2.05, 4.69) is 9.79 Å². The first kappa shape index (κ1) is 8.18. The fourth-order valence-corrected chi connectivity index (χ4v) is 1.33. The first-order chi connectivity index (χ1) is 5.27. The van der Waals surface area contributed by atoms with Crippen molar-refractivity contribution in [2.75, 3.05) is 0 Å². The first-order valence-electron chi connectivity index (χ1n) is 2.56. The predicted octanol–water partition coefficient (Wildman–Crippen LogP) is 1.94. The zero-order valence-electron chi connectivity index (χ0n) is 5.36. The van der Waals surface area contributed by atoms with Gasteiger partial charge in [-0.15, -0.1) is 0 Å². The quantitative estimate of drug-likeness (QED) is 0.355. The van der Waals surface area contributed by atoms with E-state index in [1.54, 1.807) is 6.07 Å². The van der Waals surface area contributed by atoms with Gasteiger partial charge in [0.25, 0.3) is 0 Å². The van der Waals surface area contributed by atoms with Gasteiger partial charge in [-0.3, -0.25) is 0 Å². The van der Waals surface area contributed by atoms with Crippen molar-refractivity contribution in [3.63, 3.8) is 0 Å². The lowest BCUT2D eigenvalue weighted by atomic mass is 10.6. The lowest BCUT2D eigenvalue weighted by Gasteiger charge is -1.94. The molecule has 0 aliphatic rings. The molecule has 0 radical (unpaired) electrons. The van der Waals surface area contributed by atoms with E-state index in [9.17, 15) is 10.4 Å². The Morgan fingerprint density at radius 1 is 1.64 bits per heavy atom. The summed E-state index contributed by atoms with van der Waals surface area (Å²) in [7, 11) is 0. The first-order valence-corrected chi connectivity index (χ1v) is 5.17. The highest BCUT2D eigenvalue weighted by atomic mass is 127. The number of hydrogen-bond acceptors (Lipinski definition) is 4. The average Bonchev–Trinajstić information content (AvgIpc) is 2.50. The molecule has 1 rings (SSSR count). The summed E-state index contributed by atoms with van der Waals surface area (Å²) >= 11 is -0.427. The van der Waals surface area contributed by atoms with Gasteiger partial charge in [0.1, 0.15) is 0 Å². The Balaban J connectivity index is 2.97. The largest absolute Gasteiger partial charge is 0.739 e. The predicted molar refractivity (Wildman–Crippen MR) is 47.6 cm³/mol. The molecule has 0 spiro atoms. The standard InChI is InChI=1S/C5H5IN2O3/c1-6-4-2-3-5(11-4)8(10)7-9/h2-3,9H,1H2/p-1. The van der Waals surface area contributed by atoms with Crippen molar-refractivity contribution in [3.05, 3.63) is 26.3 Å². The molecule has 0 aliphatic carbocycles. The van der Waals surface area contributed by atoms with Crippen LogP contribution in [0.3, 0.4) is 0 Å². The molecule has 0 fully saturated rings. The third-order valence-electron chi connectivity index (χ3n) is 0.953. The Hall–Kier alpha value is -0.920. The van der Waals surface area contributed by atoms with Crippen LogP contribution in [0.25, 0.3) is 0 Å². The van der Waals surface area contributed by atoms with Crippen LogP contribution < -0.4 is 0 Å². The molecular weight excluding hydrogens is 263 g/mol. The SMILES string of the molecule is C=Ic1ccc([N+]([O-])=N[O-])o1. The lowest BCUT2D eigenvalue weighted by Crippen LogP contribution is -1.85. The van der Waals surface area contributed by atoms with E-state index in [4.69, 9.17) is 4.42 Å². The van der Waals surface area contributed by atoms with Crippen LogP contribution in [0.1, 0.15) is 0 Å². The maximum Gasteiger partial charge on any atom is 0.411 e. The molecule has 6 heteroatoms. The van der Waals surface area contributed by atoms with E-state index in [1.807, 2.05) is 0 Å². The van der Waals surface area contributed by atoms with Gasteiger partial charge in [0, 0.05) is 0 Å². The van der Waals surface area contributed by atoms with E-state index >= 15 is 0 Å². The summed E-state index contributed by atoms with van der Waals surface area (Å²) in [6.07, 6.45) is 0. The monoisotopic (exact) mass is 267 g/mol. The molecule has 1 heterocycles. The van der Waals surface area contributed by atoms with Crippen molar-refractivity contribution in [2.24, 2.45) is 5.28 Å². The van der Waals surface area contributed by atoms with Crippen LogP contribution in [0.5, 0.6) is 0 Å². The second kappa shape index (κ2) is 3.46. The number of furan rings is 1. The van der Waals surface area contributed by atoms with Gasteiger partial charge in [-0.05, 0) is 16.2 Å². The molecule has 1 aromatic heterocycles. The molecule has 1 aromatic rings. The fourth-order valence-electron chi connectivity index (χ4n) is 0.520. The third-order valence-corrected chi connectivity index (χ3v) is 2.29. The molecule has 0 unspecified atom stereocenters. The minimum Gasteiger partial charge on any atom is -0.739 e. The number of hydrogen-bond donors (Lipinski definition) is 0. The van der Waals surface area contributed by atoms with E-state index in [-0.39, 0.29) is 10.7 Å². The normalized spacial score (nSPS) is 11.8. The molecule has 0 saturated carbocycles. The summed E-state index contributed by atoms with van der Waals surface area (Å²) in [5.74, 6) is -0.0849. The highest BCUT2D eigenvalue weighted by molar-refractivity contribution is 14.2. The van der Waals surface area contributed by atoms with Crippen molar-refractivity contribution in [2.45, 2.75) is 0 Å². The number of nitrogens with zero attached hydrogens (tertiary/aromatic N) is 2. The summed E-state index contributed by atoms with van der Waals surface area (Å²) in [5, 5.41) is 22.3. The van der Waals surface area contributed by atoms with Gasteiger partial charge in [0.15, 0.2) is 3.77 Å². The van der Waals surface area contributed by atoms with E-state index < -0.39 is 20.7 Å². The zero-order chi connectivity index (χ0) is 8.27. The second-order valence-corrected chi connectivity index (χ2v) is 3.39. The van der Waals surface area contributed by atoms with Gasteiger partial charge in [0.05, 0.1) is 6.07 Å². The number of rotatable bonds is 2. The summed E-state index contributed by atoms with van der Waals surface area (Å²) in [6.45, 7) is 0. The molecule has 11 heavy (non-hydrogen) atoms. The van der Waals surface area contributed by atoms with E-state index in [1.165, 1.54) is 6.07 Å². The Morgan fingerprint density at radius 2 is 2.36 bits per heavy atom. The molecule has 0 aliphatic heterocycles. The highest BCUT2D eigenvalue weighted by Crippen LogP contribution is 2.19. The van der Waals surface area contributed by atoms with Crippen molar-refractivity contribution in [1.82, 2.24) is 0 Å². The Bertz CT molecular complexity index is 294. The molecule has 0 N–H and O–H groups in total. The summed E-state index contributed by atoms with van der Waals surface area (Å²) < 4.78 is 9.19. The molecule has 60 valence electrons. The van der Waals surface area contributed by atoms with Crippen molar-refractivity contribution in [1.29, 1.82) is 0 Å². The van der Waals surface area contributed by atoms with E-state index in [0.717, 1.165) is 0 Å². The summed E-state index contributed by atoms with van der Waals surface area (Å²) in [5.41, 5.74) is 0. The molecule has 0 saturated heterocycles. The van der Waals surface area contributed by atoms with Gasteiger partial charge in [-0.1, -0.05) is 25.2 Å². The topological polar surface area (TPSA) is 74.6 Å². The van der Waals surface area contributed by atoms with Crippen molar-refractivity contribution < 1.29 is 9.28 Å². The van der Waals surface area contributed by atoms with Crippen LogP contribution in [-0.4, -0.2) is 9.38 Å². The van der Waals surface area contributed by atoms with Crippen molar-refractivity contribution in [3.8, 4) is 0 Å². The lowest BCUT2D eigenvalue weighted by molar-refractivity contribution is -0.452. The van der Waals surface area contributed by atoms with Crippen LogP contribution in [0, 0.1) is 14.2 Å². The van der Waals surface area contributed by atoms with Crippen LogP contribution in [0.2, 0.25) is 0 Å². The maximum absolute atomic E-state index is 10.5. The molecule has 0 amide bonds. The Labute approximate surface area is 72.2 Å². The average molecular weight is 267 g/mol. The fraction of sp³-hybridized carbons (Fsp3) is 0. The molecule has 5 nitrogen and oxygen atoms in total. The molecule has 0 atom stereocenters. The van der Waals surface area contributed by atoms with Crippen LogP contribution in [0.4, 0.5) is 5.88 Å². The van der Waals surface area contributed by atoms with Gasteiger partial charge >= 0.3 is 5.88 Å². The van der Waals surface area contributed by atoms with Crippen LogP contribution >= 0.6 is 20.7 Å². The van der Waals surface area contributed by atoms with Gasteiger partial charge < -0.3 is 14.8 Å². The Kier molecular flexibility index (Phi) is 2.58. The zero-order valence-corrected chi connectivity index (χ0v) is 7.52. The van der Waals surface area contributed by atoms with Gasteiger partial charge in [-0.25, -0.2) is 0 Å². The number of halogens is 1. The van der Waals surface area contributed by atoms with Crippen molar-refractivity contribution >= 4 is 31.1 Å². The maximum atomic E-state index is 10.5. The van der Waals surface area contributed by atoms with Crippen LogP contribution in [0.15, 0.2) is 21.8 Å². The third kappa shape index (κ3) is 1.76. The smallest absolute Gasteiger partial charge is 0.411 e. The highest BCUT2D eigenvalue weighted by Gasteiger charge is 2.06. The second-order valence-electron chi connectivity index (χ2n) is 1.57. The Morgan fingerprint density at radius 3 is 2.82 bits per heavy atom.